The summed E-state index contributed by atoms with van der Waals surface area (Å²) in [6.07, 6.45) is 2.81. The lowest BCUT2D eigenvalue weighted by Crippen LogP contribution is -2.35. The fourth-order valence-corrected chi connectivity index (χ4v) is 1.56. The van der Waals surface area contributed by atoms with Crippen LogP contribution in [0, 0.1) is 11.8 Å². The minimum Gasteiger partial charge on any atom is -0.381 e. The van der Waals surface area contributed by atoms with Gasteiger partial charge in [0.05, 0.1) is 0 Å². The first kappa shape index (κ1) is 11.5. The third-order valence-electron chi connectivity index (χ3n) is 2.54. The lowest BCUT2D eigenvalue weighted by atomic mass is 9.99. The van der Waals surface area contributed by atoms with Crippen molar-refractivity contribution in [3.8, 4) is 0 Å². The van der Waals surface area contributed by atoms with Gasteiger partial charge >= 0.3 is 0 Å². The maximum absolute atomic E-state index is 11.0. The van der Waals surface area contributed by atoms with E-state index in [1.165, 1.54) is 0 Å². The Morgan fingerprint density at radius 3 is 3.00 bits per heavy atom. The van der Waals surface area contributed by atoms with E-state index in [2.05, 4.69) is 19.2 Å². The molecule has 1 N–H and O–H groups in total. The number of carbonyl (C=O) groups is 1. The number of ether oxygens (including phenoxy) is 1. The molecule has 0 spiro atoms. The number of amides is 1. The molecular weight excluding hydrogens is 178 g/mol. The van der Waals surface area contributed by atoms with Crippen molar-refractivity contribution in [1.29, 1.82) is 0 Å². The van der Waals surface area contributed by atoms with Crippen molar-refractivity contribution in [2.24, 2.45) is 11.8 Å². The monoisotopic (exact) mass is 199 g/mol. The topological polar surface area (TPSA) is 38.3 Å². The van der Waals surface area contributed by atoms with Crippen molar-refractivity contribution in [1.82, 2.24) is 5.32 Å². The number of piperidine rings is 1. The highest BCUT2D eigenvalue weighted by Gasteiger charge is 2.18. The lowest BCUT2D eigenvalue weighted by Gasteiger charge is -2.21. The molecule has 0 aromatic rings. The van der Waals surface area contributed by atoms with Gasteiger partial charge in [0.15, 0.2) is 0 Å². The standard InChI is InChI=1S/C11H21NO2/c1-9(2)4-6-14-8-10-3-5-12-11(13)7-10/h9-10H,3-8H2,1-2H3,(H,12,13). The van der Waals surface area contributed by atoms with E-state index < -0.39 is 0 Å². The molecule has 1 saturated heterocycles. The predicted octanol–water partition coefficient (Wildman–Crippen LogP) is 1.58. The van der Waals surface area contributed by atoms with Crippen LogP contribution in [0.15, 0.2) is 0 Å². The molecule has 0 bridgehead atoms. The molecule has 3 nitrogen and oxygen atoms in total. The van der Waals surface area contributed by atoms with Crippen molar-refractivity contribution >= 4 is 5.91 Å². The van der Waals surface area contributed by atoms with Crippen LogP contribution in [-0.2, 0) is 9.53 Å². The molecule has 82 valence electrons. The number of hydrogen-bond acceptors (Lipinski definition) is 2. The van der Waals surface area contributed by atoms with Gasteiger partial charge in [0.2, 0.25) is 5.91 Å². The zero-order chi connectivity index (χ0) is 10.4. The first-order valence-corrected chi connectivity index (χ1v) is 5.53. The van der Waals surface area contributed by atoms with Crippen molar-refractivity contribution < 1.29 is 9.53 Å². The van der Waals surface area contributed by atoms with Crippen LogP contribution in [0.1, 0.15) is 33.1 Å². The van der Waals surface area contributed by atoms with E-state index in [0.29, 0.717) is 18.3 Å². The van der Waals surface area contributed by atoms with E-state index in [1.54, 1.807) is 0 Å². The summed E-state index contributed by atoms with van der Waals surface area (Å²) in [5.41, 5.74) is 0. The molecule has 0 aromatic carbocycles. The van der Waals surface area contributed by atoms with Gasteiger partial charge in [-0.3, -0.25) is 4.79 Å². The molecule has 1 amide bonds. The first-order chi connectivity index (χ1) is 6.68. The van der Waals surface area contributed by atoms with Crippen LogP contribution in [-0.4, -0.2) is 25.7 Å². The maximum atomic E-state index is 11.0. The first-order valence-electron chi connectivity index (χ1n) is 5.53. The van der Waals surface area contributed by atoms with E-state index in [-0.39, 0.29) is 5.91 Å². The van der Waals surface area contributed by atoms with Gasteiger partial charge in [0, 0.05) is 26.2 Å². The molecule has 14 heavy (non-hydrogen) atoms. The Bertz CT molecular complexity index is 180. The Morgan fingerprint density at radius 1 is 1.57 bits per heavy atom. The Balaban J connectivity index is 2.03. The number of carbonyl (C=O) groups excluding carboxylic acids is 1. The van der Waals surface area contributed by atoms with Gasteiger partial charge in [-0.2, -0.15) is 0 Å². The van der Waals surface area contributed by atoms with E-state index in [0.717, 1.165) is 32.6 Å². The van der Waals surface area contributed by atoms with Gasteiger partial charge in [-0.05, 0) is 24.7 Å². The van der Waals surface area contributed by atoms with Gasteiger partial charge in [-0.25, -0.2) is 0 Å². The smallest absolute Gasteiger partial charge is 0.220 e. The summed E-state index contributed by atoms with van der Waals surface area (Å²) in [5, 5.41) is 2.83. The summed E-state index contributed by atoms with van der Waals surface area (Å²) in [4.78, 5) is 11.0. The van der Waals surface area contributed by atoms with Crippen LogP contribution in [0.3, 0.4) is 0 Å². The maximum Gasteiger partial charge on any atom is 0.220 e. The molecule has 1 aliphatic heterocycles. The molecular formula is C11H21NO2. The van der Waals surface area contributed by atoms with Crippen molar-refractivity contribution in [2.75, 3.05) is 19.8 Å². The summed E-state index contributed by atoms with van der Waals surface area (Å²) in [6.45, 7) is 6.78. The SMILES string of the molecule is CC(C)CCOCC1CCNC(=O)C1. The zero-order valence-corrected chi connectivity index (χ0v) is 9.21. The second-order valence-electron chi connectivity index (χ2n) is 4.47. The second-order valence-corrected chi connectivity index (χ2v) is 4.47. The Morgan fingerprint density at radius 2 is 2.36 bits per heavy atom. The van der Waals surface area contributed by atoms with E-state index in [1.807, 2.05) is 0 Å². The van der Waals surface area contributed by atoms with E-state index in [9.17, 15) is 4.79 Å². The van der Waals surface area contributed by atoms with Crippen LogP contribution in [0.4, 0.5) is 0 Å². The van der Waals surface area contributed by atoms with Gasteiger partial charge < -0.3 is 10.1 Å². The molecule has 1 aliphatic rings. The molecule has 0 saturated carbocycles. The zero-order valence-electron chi connectivity index (χ0n) is 9.21. The van der Waals surface area contributed by atoms with Crippen molar-refractivity contribution in [3.63, 3.8) is 0 Å². The van der Waals surface area contributed by atoms with Crippen LogP contribution < -0.4 is 5.32 Å². The van der Waals surface area contributed by atoms with Gasteiger partial charge in [-0.1, -0.05) is 13.8 Å². The molecule has 1 rings (SSSR count). The summed E-state index contributed by atoms with van der Waals surface area (Å²) < 4.78 is 5.55. The highest BCUT2D eigenvalue weighted by atomic mass is 16.5. The Kier molecular flexibility index (Phi) is 4.94. The third kappa shape index (κ3) is 4.61. The molecule has 1 fully saturated rings. The quantitative estimate of drug-likeness (QED) is 0.683. The Labute approximate surface area is 86.2 Å². The highest BCUT2D eigenvalue weighted by Crippen LogP contribution is 2.13. The highest BCUT2D eigenvalue weighted by molar-refractivity contribution is 5.76. The van der Waals surface area contributed by atoms with Crippen LogP contribution in [0.2, 0.25) is 0 Å². The molecule has 1 heterocycles. The normalized spacial score (nSPS) is 22.5. The van der Waals surface area contributed by atoms with Gasteiger partial charge in [-0.15, -0.1) is 0 Å². The second kappa shape index (κ2) is 6.02. The number of nitrogens with one attached hydrogen (secondary N) is 1. The molecule has 0 aromatic heterocycles. The fourth-order valence-electron chi connectivity index (χ4n) is 1.56. The van der Waals surface area contributed by atoms with Crippen LogP contribution in [0.25, 0.3) is 0 Å². The third-order valence-corrected chi connectivity index (χ3v) is 2.54. The minimum atomic E-state index is 0.175. The molecule has 0 radical (unpaired) electrons. The molecule has 1 unspecified atom stereocenters. The number of hydrogen-bond donors (Lipinski definition) is 1. The molecule has 3 heteroatoms. The van der Waals surface area contributed by atoms with Gasteiger partial charge in [0.25, 0.3) is 0 Å². The predicted molar refractivity (Wildman–Crippen MR) is 56.0 cm³/mol. The number of rotatable bonds is 5. The molecule has 1 atom stereocenters. The average Bonchev–Trinajstić information content (AvgIpc) is 2.12. The van der Waals surface area contributed by atoms with Crippen LogP contribution in [0.5, 0.6) is 0 Å². The summed E-state index contributed by atoms with van der Waals surface area (Å²) in [7, 11) is 0. The fraction of sp³-hybridized carbons (Fsp3) is 0.909. The van der Waals surface area contributed by atoms with Crippen molar-refractivity contribution in [3.05, 3.63) is 0 Å². The lowest BCUT2D eigenvalue weighted by molar-refractivity contribution is -0.124. The largest absolute Gasteiger partial charge is 0.381 e. The molecule has 0 aliphatic carbocycles. The average molecular weight is 199 g/mol. The van der Waals surface area contributed by atoms with Crippen LogP contribution >= 0.6 is 0 Å². The summed E-state index contributed by atoms with van der Waals surface area (Å²) in [6, 6.07) is 0. The van der Waals surface area contributed by atoms with Gasteiger partial charge in [0.1, 0.15) is 0 Å². The van der Waals surface area contributed by atoms with E-state index >= 15 is 0 Å². The summed E-state index contributed by atoms with van der Waals surface area (Å²) in [5.74, 6) is 1.31. The minimum absolute atomic E-state index is 0.175. The summed E-state index contributed by atoms with van der Waals surface area (Å²) >= 11 is 0. The van der Waals surface area contributed by atoms with Crippen molar-refractivity contribution in [2.45, 2.75) is 33.1 Å². The van der Waals surface area contributed by atoms with E-state index in [4.69, 9.17) is 4.74 Å². The Hall–Kier alpha value is -0.570.